The minimum Gasteiger partial charge on any atom is -0.315 e. The largest absolute Gasteiger partial charge is 0.322 e. The van der Waals surface area contributed by atoms with Gasteiger partial charge in [0.1, 0.15) is 5.82 Å². The van der Waals surface area contributed by atoms with E-state index in [1.165, 1.54) is 0 Å². The number of carbonyl (C=O) groups is 1. The molecule has 0 radical (unpaired) electrons. The van der Waals surface area contributed by atoms with Crippen LogP contribution in [0.2, 0.25) is 10.0 Å². The van der Waals surface area contributed by atoms with Crippen LogP contribution in [0.15, 0.2) is 71.5 Å². The molecule has 1 unspecified atom stereocenters. The molecule has 1 N–H and O–H groups in total. The lowest BCUT2D eigenvalue weighted by atomic mass is 10.1. The van der Waals surface area contributed by atoms with Gasteiger partial charge in [-0.3, -0.25) is 9.36 Å². The fraction of sp³-hybridized carbons (Fsp3) is 0.222. The predicted octanol–water partition coefficient (Wildman–Crippen LogP) is 7.01. The van der Waals surface area contributed by atoms with Crippen LogP contribution in [0.3, 0.4) is 0 Å². The highest BCUT2D eigenvalue weighted by atomic mass is 35.5. The van der Waals surface area contributed by atoms with Crippen molar-refractivity contribution >= 4 is 45.8 Å². The summed E-state index contributed by atoms with van der Waals surface area (Å²) in [4.78, 5) is 33.5. The molecule has 4 rings (SSSR count). The Morgan fingerprint density at radius 3 is 2.46 bits per heavy atom. The van der Waals surface area contributed by atoms with E-state index in [9.17, 15) is 9.59 Å². The van der Waals surface area contributed by atoms with E-state index in [1.807, 2.05) is 63.2 Å². The van der Waals surface area contributed by atoms with E-state index in [0.29, 0.717) is 44.7 Å². The number of urea groups is 1. The number of benzene rings is 3. The van der Waals surface area contributed by atoms with Crippen molar-refractivity contribution in [1.82, 2.24) is 14.5 Å². The topological polar surface area (TPSA) is 67.2 Å². The lowest BCUT2D eigenvalue weighted by Crippen LogP contribution is -2.40. The van der Waals surface area contributed by atoms with Crippen molar-refractivity contribution in [2.75, 3.05) is 11.9 Å². The van der Waals surface area contributed by atoms with E-state index in [1.54, 1.807) is 33.7 Å². The predicted molar refractivity (Wildman–Crippen MR) is 143 cm³/mol. The Morgan fingerprint density at radius 2 is 1.77 bits per heavy atom. The number of anilines is 1. The molecule has 0 spiro atoms. The molecule has 1 heterocycles. The zero-order valence-electron chi connectivity index (χ0n) is 19.8. The molecule has 6 nitrogen and oxygen atoms in total. The summed E-state index contributed by atoms with van der Waals surface area (Å²) in [5.41, 5.74) is 2.72. The molecule has 0 aliphatic carbocycles. The number of nitrogens with zero attached hydrogens (tertiary/aromatic N) is 3. The fourth-order valence-electron chi connectivity index (χ4n) is 3.99. The van der Waals surface area contributed by atoms with E-state index in [-0.39, 0.29) is 11.6 Å². The number of fused-ring (bicyclic) bond motifs is 1. The summed E-state index contributed by atoms with van der Waals surface area (Å²) >= 11 is 12.1. The molecular weight excluding hydrogens is 483 g/mol. The molecule has 3 aromatic carbocycles. The number of para-hydroxylation sites is 1. The zero-order valence-corrected chi connectivity index (χ0v) is 21.3. The van der Waals surface area contributed by atoms with Crippen LogP contribution >= 0.6 is 23.2 Å². The minimum atomic E-state index is -0.503. The van der Waals surface area contributed by atoms with Crippen molar-refractivity contribution in [3.05, 3.63) is 98.5 Å². The molecule has 0 aliphatic heterocycles. The number of nitrogens with one attached hydrogen (secondary N) is 1. The van der Waals surface area contributed by atoms with E-state index >= 15 is 0 Å². The van der Waals surface area contributed by atoms with Crippen molar-refractivity contribution < 1.29 is 4.79 Å². The third-order valence-corrected chi connectivity index (χ3v) is 6.57. The van der Waals surface area contributed by atoms with Crippen LogP contribution in [-0.2, 0) is 0 Å². The Labute approximate surface area is 214 Å². The zero-order chi connectivity index (χ0) is 25.1. The first-order chi connectivity index (χ1) is 16.8. The van der Waals surface area contributed by atoms with Gasteiger partial charge in [0.05, 0.1) is 32.7 Å². The van der Waals surface area contributed by atoms with Crippen molar-refractivity contribution in [3.63, 3.8) is 0 Å². The van der Waals surface area contributed by atoms with Gasteiger partial charge in [0.15, 0.2) is 0 Å². The first-order valence-corrected chi connectivity index (χ1v) is 12.2. The summed E-state index contributed by atoms with van der Waals surface area (Å²) < 4.78 is 1.60. The van der Waals surface area contributed by atoms with Crippen LogP contribution in [0.4, 0.5) is 10.5 Å². The summed E-state index contributed by atoms with van der Waals surface area (Å²) in [6, 6.07) is 19.0. The van der Waals surface area contributed by atoms with Gasteiger partial charge in [-0.05, 0) is 62.7 Å². The van der Waals surface area contributed by atoms with Crippen LogP contribution in [-0.4, -0.2) is 27.0 Å². The molecule has 35 heavy (non-hydrogen) atoms. The number of aryl methyl sites for hydroxylation is 1. The van der Waals surface area contributed by atoms with Gasteiger partial charge in [0.25, 0.3) is 5.56 Å². The number of amides is 2. The smallest absolute Gasteiger partial charge is 0.315 e. The second-order valence-electron chi connectivity index (χ2n) is 8.39. The number of hydrogen-bond acceptors (Lipinski definition) is 3. The first kappa shape index (κ1) is 24.8. The minimum absolute atomic E-state index is 0.178. The summed E-state index contributed by atoms with van der Waals surface area (Å²) in [6.45, 7) is 6.33. The van der Waals surface area contributed by atoms with Gasteiger partial charge in [-0.2, -0.15) is 0 Å². The van der Waals surface area contributed by atoms with Crippen LogP contribution in [0.25, 0.3) is 16.6 Å². The molecule has 8 heteroatoms. The van der Waals surface area contributed by atoms with Crippen LogP contribution < -0.4 is 10.9 Å². The Morgan fingerprint density at radius 1 is 1.06 bits per heavy atom. The highest BCUT2D eigenvalue weighted by molar-refractivity contribution is 6.42. The van der Waals surface area contributed by atoms with Crippen LogP contribution in [0, 0.1) is 6.92 Å². The third-order valence-electron chi connectivity index (χ3n) is 5.83. The first-order valence-electron chi connectivity index (χ1n) is 11.4. The highest BCUT2D eigenvalue weighted by Gasteiger charge is 2.26. The maximum atomic E-state index is 13.6. The van der Waals surface area contributed by atoms with Crippen LogP contribution in [0.5, 0.6) is 0 Å². The SMILES string of the molecule is CCCN(C(=O)Nc1ccc(Cl)c(Cl)c1)C(C)c1nc2ccccc2c(=O)n1-c1ccc(C)cc1. The average Bonchev–Trinajstić information content (AvgIpc) is 2.85. The molecule has 1 atom stereocenters. The number of hydrogen-bond donors (Lipinski definition) is 1. The molecule has 4 aromatic rings. The Hall–Kier alpha value is -3.35. The molecule has 180 valence electrons. The van der Waals surface area contributed by atoms with E-state index in [0.717, 1.165) is 12.0 Å². The Balaban J connectivity index is 1.81. The summed E-state index contributed by atoms with van der Waals surface area (Å²) in [7, 11) is 0. The summed E-state index contributed by atoms with van der Waals surface area (Å²) in [6.07, 6.45) is 0.724. The van der Waals surface area contributed by atoms with E-state index in [4.69, 9.17) is 28.2 Å². The standard InChI is InChI=1S/C27H26Cl2N4O2/c1-4-15-32(27(35)30-19-11-14-22(28)23(29)16-19)18(3)25-31-24-8-6-5-7-21(24)26(34)33(25)20-12-9-17(2)10-13-20/h5-14,16,18H,4,15H2,1-3H3,(H,30,35). The number of aromatic nitrogens is 2. The monoisotopic (exact) mass is 508 g/mol. The Kier molecular flexibility index (Phi) is 7.43. The highest BCUT2D eigenvalue weighted by Crippen LogP contribution is 2.27. The molecule has 0 bridgehead atoms. The quantitative estimate of drug-likeness (QED) is 0.304. The normalized spacial score (nSPS) is 11.9. The maximum Gasteiger partial charge on any atom is 0.322 e. The lowest BCUT2D eigenvalue weighted by molar-refractivity contribution is 0.189. The van der Waals surface area contributed by atoms with Crippen molar-refractivity contribution in [2.24, 2.45) is 0 Å². The van der Waals surface area contributed by atoms with Gasteiger partial charge in [0, 0.05) is 12.2 Å². The van der Waals surface area contributed by atoms with Crippen molar-refractivity contribution in [1.29, 1.82) is 0 Å². The Bertz CT molecular complexity index is 1430. The molecule has 0 saturated heterocycles. The van der Waals surface area contributed by atoms with E-state index in [2.05, 4.69) is 5.32 Å². The fourth-order valence-corrected chi connectivity index (χ4v) is 4.29. The van der Waals surface area contributed by atoms with Crippen molar-refractivity contribution in [3.8, 4) is 5.69 Å². The molecule has 0 aliphatic rings. The van der Waals surface area contributed by atoms with Gasteiger partial charge in [-0.15, -0.1) is 0 Å². The van der Waals surface area contributed by atoms with Crippen molar-refractivity contribution in [2.45, 2.75) is 33.2 Å². The van der Waals surface area contributed by atoms with Gasteiger partial charge in [0.2, 0.25) is 0 Å². The van der Waals surface area contributed by atoms with Gasteiger partial charge in [-0.1, -0.05) is 60.0 Å². The second kappa shape index (κ2) is 10.5. The molecule has 2 amide bonds. The number of rotatable bonds is 6. The summed E-state index contributed by atoms with van der Waals surface area (Å²) in [5.74, 6) is 0.482. The van der Waals surface area contributed by atoms with Gasteiger partial charge >= 0.3 is 6.03 Å². The lowest BCUT2D eigenvalue weighted by Gasteiger charge is -2.30. The average molecular weight is 509 g/mol. The van der Waals surface area contributed by atoms with E-state index < -0.39 is 6.04 Å². The third kappa shape index (κ3) is 5.19. The van der Waals surface area contributed by atoms with Gasteiger partial charge in [-0.25, -0.2) is 9.78 Å². The number of halogens is 2. The summed E-state index contributed by atoms with van der Waals surface area (Å²) in [5, 5.41) is 4.17. The molecule has 1 aromatic heterocycles. The molecular formula is C27H26Cl2N4O2. The number of carbonyl (C=O) groups excluding carboxylic acids is 1. The molecule has 0 fully saturated rings. The van der Waals surface area contributed by atoms with Crippen LogP contribution in [0.1, 0.15) is 37.7 Å². The second-order valence-corrected chi connectivity index (χ2v) is 9.21. The van der Waals surface area contributed by atoms with Gasteiger partial charge < -0.3 is 10.2 Å². The maximum absolute atomic E-state index is 13.6. The molecule has 0 saturated carbocycles.